The molecule has 0 amide bonds. The van der Waals surface area contributed by atoms with Gasteiger partial charge in [0.15, 0.2) is 0 Å². The van der Waals surface area contributed by atoms with Gasteiger partial charge in [-0.3, -0.25) is 4.79 Å². The minimum absolute atomic E-state index is 0.0290. The summed E-state index contributed by atoms with van der Waals surface area (Å²) in [7, 11) is 0. The topological polar surface area (TPSA) is 68.0 Å². The zero-order chi connectivity index (χ0) is 11.4. The molecule has 6 heteroatoms. The van der Waals surface area contributed by atoms with Crippen molar-refractivity contribution in [3.8, 4) is 5.69 Å². The molecular formula is C10H9N3O2S. The molecule has 82 valence electrons. The molecule has 1 heterocycles. The van der Waals surface area contributed by atoms with E-state index in [2.05, 4.69) is 10.1 Å². The van der Waals surface area contributed by atoms with Crippen LogP contribution in [0.2, 0.25) is 0 Å². The summed E-state index contributed by atoms with van der Waals surface area (Å²) >= 11 is 1.10. The van der Waals surface area contributed by atoms with Crippen molar-refractivity contribution in [3.63, 3.8) is 0 Å². The van der Waals surface area contributed by atoms with Crippen molar-refractivity contribution in [2.24, 2.45) is 0 Å². The van der Waals surface area contributed by atoms with Crippen molar-refractivity contribution >= 4 is 17.7 Å². The van der Waals surface area contributed by atoms with E-state index in [0.29, 0.717) is 5.16 Å². The van der Waals surface area contributed by atoms with Crippen LogP contribution in [0, 0.1) is 0 Å². The lowest BCUT2D eigenvalue weighted by Gasteiger charge is -1.97. The first-order valence-corrected chi connectivity index (χ1v) is 5.56. The van der Waals surface area contributed by atoms with Crippen LogP contribution in [0.4, 0.5) is 0 Å². The van der Waals surface area contributed by atoms with Crippen LogP contribution >= 0.6 is 11.8 Å². The lowest BCUT2D eigenvalue weighted by Crippen LogP contribution is -1.98. The van der Waals surface area contributed by atoms with Gasteiger partial charge in [0.1, 0.15) is 6.33 Å². The zero-order valence-corrected chi connectivity index (χ0v) is 9.09. The first kappa shape index (κ1) is 10.7. The van der Waals surface area contributed by atoms with Crippen LogP contribution in [0.25, 0.3) is 5.69 Å². The van der Waals surface area contributed by atoms with Crippen molar-refractivity contribution in [1.29, 1.82) is 0 Å². The average molecular weight is 235 g/mol. The monoisotopic (exact) mass is 235 g/mol. The third-order valence-corrected chi connectivity index (χ3v) is 2.65. The Morgan fingerprint density at radius 3 is 2.81 bits per heavy atom. The number of benzene rings is 1. The standard InChI is InChI=1S/C10H9N3O2S/c14-9(15)6-16-10-11-7-13(12-10)8-4-2-1-3-5-8/h1-5,7H,6H2,(H,14,15). The smallest absolute Gasteiger partial charge is 0.313 e. The van der Waals surface area contributed by atoms with Crippen LogP contribution in [0.15, 0.2) is 41.8 Å². The van der Waals surface area contributed by atoms with Crippen LogP contribution in [0.1, 0.15) is 0 Å². The summed E-state index contributed by atoms with van der Waals surface area (Å²) in [6.07, 6.45) is 1.57. The van der Waals surface area contributed by atoms with E-state index in [0.717, 1.165) is 17.4 Å². The lowest BCUT2D eigenvalue weighted by atomic mass is 10.3. The Kier molecular flexibility index (Phi) is 3.21. The van der Waals surface area contributed by atoms with E-state index < -0.39 is 5.97 Å². The molecule has 2 rings (SSSR count). The molecule has 0 saturated heterocycles. The molecule has 2 aromatic rings. The Morgan fingerprint density at radius 1 is 1.38 bits per heavy atom. The van der Waals surface area contributed by atoms with Crippen molar-refractivity contribution in [1.82, 2.24) is 14.8 Å². The molecule has 0 fully saturated rings. The number of para-hydroxylation sites is 1. The molecule has 1 aromatic heterocycles. The molecule has 0 radical (unpaired) electrons. The maximum absolute atomic E-state index is 10.4. The van der Waals surface area contributed by atoms with Crippen LogP contribution in [0.5, 0.6) is 0 Å². The number of rotatable bonds is 4. The number of aliphatic carboxylic acids is 1. The summed E-state index contributed by atoms with van der Waals surface area (Å²) in [5.74, 6) is -0.903. The summed E-state index contributed by atoms with van der Waals surface area (Å²) in [5, 5.41) is 13.1. The number of nitrogens with zero attached hydrogens (tertiary/aromatic N) is 3. The summed E-state index contributed by atoms with van der Waals surface area (Å²) < 4.78 is 1.62. The van der Waals surface area contributed by atoms with Gasteiger partial charge in [-0.15, -0.1) is 5.10 Å². The average Bonchev–Trinajstić information content (AvgIpc) is 2.76. The number of carboxylic acids is 1. The highest BCUT2D eigenvalue weighted by molar-refractivity contribution is 7.99. The van der Waals surface area contributed by atoms with Gasteiger partial charge in [0.05, 0.1) is 11.4 Å². The normalized spacial score (nSPS) is 10.2. The second-order valence-electron chi connectivity index (χ2n) is 2.99. The number of hydrogen-bond acceptors (Lipinski definition) is 4. The van der Waals surface area contributed by atoms with E-state index >= 15 is 0 Å². The first-order valence-electron chi connectivity index (χ1n) is 4.57. The number of carboxylic acid groups (broad SMARTS) is 1. The number of thioether (sulfide) groups is 1. The second kappa shape index (κ2) is 4.80. The molecule has 0 atom stereocenters. The minimum atomic E-state index is -0.874. The summed E-state index contributed by atoms with van der Waals surface area (Å²) in [5.41, 5.74) is 0.900. The van der Waals surface area contributed by atoms with Crippen LogP contribution < -0.4 is 0 Å². The SMILES string of the molecule is O=C(O)CSc1ncn(-c2ccccc2)n1. The van der Waals surface area contributed by atoms with E-state index in [4.69, 9.17) is 5.11 Å². The van der Waals surface area contributed by atoms with Crippen molar-refractivity contribution in [2.45, 2.75) is 5.16 Å². The van der Waals surface area contributed by atoms with E-state index in [-0.39, 0.29) is 5.75 Å². The van der Waals surface area contributed by atoms with Crippen LogP contribution in [-0.2, 0) is 4.79 Å². The summed E-state index contributed by atoms with van der Waals surface area (Å²) in [6, 6.07) is 9.53. The maximum atomic E-state index is 10.4. The van der Waals surface area contributed by atoms with E-state index in [9.17, 15) is 4.79 Å². The predicted octanol–water partition coefficient (Wildman–Crippen LogP) is 1.44. The predicted molar refractivity (Wildman–Crippen MR) is 59.7 cm³/mol. The molecule has 5 nitrogen and oxygen atoms in total. The second-order valence-corrected chi connectivity index (χ2v) is 3.93. The third kappa shape index (κ3) is 2.60. The molecule has 0 saturated carbocycles. The molecule has 0 aliphatic rings. The Balaban J connectivity index is 2.11. The minimum Gasteiger partial charge on any atom is -0.481 e. The zero-order valence-electron chi connectivity index (χ0n) is 8.28. The fraction of sp³-hybridized carbons (Fsp3) is 0.100. The fourth-order valence-electron chi connectivity index (χ4n) is 1.15. The van der Waals surface area contributed by atoms with Gasteiger partial charge in [-0.2, -0.15) is 0 Å². The Hall–Kier alpha value is -1.82. The summed E-state index contributed by atoms with van der Waals surface area (Å²) in [6.45, 7) is 0. The molecule has 1 aromatic carbocycles. The quantitative estimate of drug-likeness (QED) is 0.812. The van der Waals surface area contributed by atoms with Crippen molar-refractivity contribution in [3.05, 3.63) is 36.7 Å². The van der Waals surface area contributed by atoms with Gasteiger partial charge in [-0.05, 0) is 12.1 Å². The molecule has 0 aliphatic heterocycles. The molecule has 16 heavy (non-hydrogen) atoms. The van der Waals surface area contributed by atoms with Gasteiger partial charge >= 0.3 is 5.97 Å². The maximum Gasteiger partial charge on any atom is 0.313 e. The first-order chi connectivity index (χ1) is 7.75. The van der Waals surface area contributed by atoms with Crippen molar-refractivity contribution in [2.75, 3.05) is 5.75 Å². The molecule has 1 N–H and O–H groups in total. The molecule has 0 bridgehead atoms. The summed E-state index contributed by atoms with van der Waals surface area (Å²) in [4.78, 5) is 14.4. The van der Waals surface area contributed by atoms with E-state index in [1.807, 2.05) is 30.3 Å². The van der Waals surface area contributed by atoms with Crippen LogP contribution in [-0.4, -0.2) is 31.6 Å². The van der Waals surface area contributed by atoms with Gasteiger partial charge in [-0.1, -0.05) is 30.0 Å². The molecular weight excluding hydrogens is 226 g/mol. The highest BCUT2D eigenvalue weighted by Crippen LogP contribution is 2.13. The number of hydrogen-bond donors (Lipinski definition) is 1. The van der Waals surface area contributed by atoms with Gasteiger partial charge in [0, 0.05) is 0 Å². The molecule has 0 aliphatic carbocycles. The Bertz CT molecular complexity index is 484. The van der Waals surface area contributed by atoms with E-state index in [1.54, 1.807) is 11.0 Å². The van der Waals surface area contributed by atoms with Gasteiger partial charge in [-0.25, -0.2) is 9.67 Å². The largest absolute Gasteiger partial charge is 0.481 e. The van der Waals surface area contributed by atoms with Gasteiger partial charge < -0.3 is 5.11 Å². The third-order valence-electron chi connectivity index (χ3n) is 1.82. The molecule has 0 spiro atoms. The van der Waals surface area contributed by atoms with E-state index in [1.165, 1.54) is 0 Å². The highest BCUT2D eigenvalue weighted by atomic mass is 32.2. The van der Waals surface area contributed by atoms with Gasteiger partial charge in [0.25, 0.3) is 0 Å². The highest BCUT2D eigenvalue weighted by Gasteiger charge is 2.05. The Labute approximate surface area is 96.1 Å². The number of carbonyl (C=O) groups is 1. The van der Waals surface area contributed by atoms with Gasteiger partial charge in [0.2, 0.25) is 5.16 Å². The lowest BCUT2D eigenvalue weighted by molar-refractivity contribution is -0.133. The van der Waals surface area contributed by atoms with Crippen LogP contribution in [0.3, 0.4) is 0 Å². The number of aromatic nitrogens is 3. The Morgan fingerprint density at radius 2 is 2.12 bits per heavy atom. The fourth-order valence-corrected chi connectivity index (χ4v) is 1.67. The molecule has 0 unspecified atom stereocenters. The van der Waals surface area contributed by atoms with Crippen molar-refractivity contribution < 1.29 is 9.90 Å².